The largest absolute Gasteiger partial charge is 0.466 e. The second-order valence-electron chi connectivity index (χ2n) is 7.24. The Balaban J connectivity index is 1.86. The van der Waals surface area contributed by atoms with E-state index in [4.69, 9.17) is 4.74 Å². The maximum atomic E-state index is 12.7. The number of hydrogen-bond donors (Lipinski definition) is 1. The van der Waals surface area contributed by atoms with Crippen LogP contribution in [0.5, 0.6) is 0 Å². The topological polar surface area (TPSA) is 41.6 Å². The number of piperidine rings is 1. The summed E-state index contributed by atoms with van der Waals surface area (Å²) in [7, 11) is 1.50. The van der Waals surface area contributed by atoms with Gasteiger partial charge in [-0.25, -0.2) is 4.79 Å². The van der Waals surface area contributed by atoms with Gasteiger partial charge in [-0.2, -0.15) is 0 Å². The second-order valence-corrected chi connectivity index (χ2v) is 7.24. The third-order valence-corrected chi connectivity index (χ3v) is 6.52. The van der Waals surface area contributed by atoms with E-state index in [1.807, 2.05) is 0 Å². The minimum Gasteiger partial charge on any atom is -0.466 e. The number of nitrogens with zero attached hydrogens (tertiary/aromatic N) is 1. The molecule has 4 nitrogen and oxygen atoms in total. The molecule has 1 N–H and O–H groups in total. The first kappa shape index (κ1) is 14.3. The molecule has 2 saturated heterocycles. The predicted molar refractivity (Wildman–Crippen MR) is 92.6 cm³/mol. The number of carbonyl (C=O) groups is 1. The molecule has 3 heterocycles. The Morgan fingerprint density at radius 1 is 1.38 bits per heavy atom. The fourth-order valence-electron chi connectivity index (χ4n) is 5.70. The Hall–Kier alpha value is -2.07. The Bertz CT molecular complexity index is 810. The van der Waals surface area contributed by atoms with E-state index in [9.17, 15) is 4.79 Å². The smallest absolute Gasteiger partial charge is 0.336 e. The Kier molecular flexibility index (Phi) is 2.82. The van der Waals surface area contributed by atoms with Crippen LogP contribution in [-0.2, 0) is 14.9 Å². The predicted octanol–water partition coefficient (Wildman–Crippen LogP) is 2.83. The maximum Gasteiger partial charge on any atom is 0.336 e. The molecular formula is C20H22N2O2. The molecule has 4 heteroatoms. The summed E-state index contributed by atoms with van der Waals surface area (Å²) in [6.07, 6.45) is 4.30. The molecule has 1 aromatic rings. The lowest BCUT2D eigenvalue weighted by Gasteiger charge is -2.49. The average Bonchev–Trinajstić information content (AvgIpc) is 3.17. The van der Waals surface area contributed by atoms with Crippen molar-refractivity contribution in [1.82, 2.24) is 4.90 Å². The lowest BCUT2D eigenvalue weighted by atomic mass is 9.60. The molecule has 0 radical (unpaired) electrons. The zero-order valence-electron chi connectivity index (χ0n) is 14.1. The number of carbonyl (C=O) groups excluding carboxylic acids is 1. The number of ether oxygens (including phenoxy) is 1. The van der Waals surface area contributed by atoms with E-state index in [1.165, 1.54) is 18.2 Å². The molecule has 0 saturated carbocycles. The van der Waals surface area contributed by atoms with Crippen molar-refractivity contribution in [2.24, 2.45) is 5.92 Å². The minimum absolute atomic E-state index is 0.112. The normalized spacial score (nSPS) is 34.8. The molecule has 5 rings (SSSR count). The number of hydrogen-bond acceptors (Lipinski definition) is 4. The first-order valence-electron chi connectivity index (χ1n) is 8.82. The van der Waals surface area contributed by atoms with E-state index in [1.54, 1.807) is 0 Å². The van der Waals surface area contributed by atoms with Gasteiger partial charge in [0.1, 0.15) is 0 Å². The number of para-hydroxylation sites is 1. The molecule has 4 aliphatic rings. The molecule has 3 atom stereocenters. The van der Waals surface area contributed by atoms with Gasteiger partial charge in [0, 0.05) is 29.9 Å². The van der Waals surface area contributed by atoms with Gasteiger partial charge in [0.2, 0.25) is 0 Å². The third kappa shape index (κ3) is 1.46. The second kappa shape index (κ2) is 4.73. The van der Waals surface area contributed by atoms with Crippen LogP contribution in [0.2, 0.25) is 0 Å². The number of nitrogens with one attached hydrogen (secondary N) is 1. The SMILES string of the molecule is CC=C1C2CCN3CCC4(C(=C2C(=O)OC)Nc2ccccc24)C13. The highest BCUT2D eigenvalue weighted by molar-refractivity contribution is 5.94. The first-order valence-corrected chi connectivity index (χ1v) is 8.82. The van der Waals surface area contributed by atoms with Gasteiger partial charge in [0.15, 0.2) is 0 Å². The first-order chi connectivity index (χ1) is 11.7. The molecule has 3 unspecified atom stereocenters. The van der Waals surface area contributed by atoms with E-state index in [-0.39, 0.29) is 17.3 Å². The van der Waals surface area contributed by atoms with Crippen molar-refractivity contribution in [1.29, 1.82) is 0 Å². The highest BCUT2D eigenvalue weighted by atomic mass is 16.5. The van der Waals surface area contributed by atoms with Gasteiger partial charge in [0.05, 0.1) is 18.1 Å². The molecule has 1 aromatic carbocycles. The molecule has 3 aliphatic heterocycles. The number of fused-ring (bicyclic) bond motifs is 2. The van der Waals surface area contributed by atoms with E-state index in [0.717, 1.165) is 42.9 Å². The van der Waals surface area contributed by atoms with Gasteiger partial charge in [-0.1, -0.05) is 24.3 Å². The number of esters is 1. The Labute approximate surface area is 142 Å². The standard InChI is InChI=1S/C20H22N2O2/c1-3-12-13-8-10-22-11-9-20(18(12)22)14-6-4-5-7-15(14)21-17(20)16(13)19(23)24-2/h3-7,13,18,21H,8-11H2,1-2H3. The molecule has 1 aliphatic carbocycles. The van der Waals surface area contributed by atoms with E-state index in [2.05, 4.69) is 47.5 Å². The zero-order valence-corrected chi connectivity index (χ0v) is 14.1. The van der Waals surface area contributed by atoms with Crippen molar-refractivity contribution in [3.63, 3.8) is 0 Å². The van der Waals surface area contributed by atoms with Crippen molar-refractivity contribution in [2.75, 3.05) is 25.5 Å². The number of allylic oxidation sites excluding steroid dienone is 1. The average molecular weight is 322 g/mol. The van der Waals surface area contributed by atoms with Crippen molar-refractivity contribution in [3.8, 4) is 0 Å². The molecule has 124 valence electrons. The van der Waals surface area contributed by atoms with Crippen LogP contribution in [0.3, 0.4) is 0 Å². The van der Waals surface area contributed by atoms with Crippen LogP contribution in [0.15, 0.2) is 47.2 Å². The van der Waals surface area contributed by atoms with Gasteiger partial charge in [-0.15, -0.1) is 0 Å². The highest BCUT2D eigenvalue weighted by Gasteiger charge is 2.63. The minimum atomic E-state index is -0.173. The van der Waals surface area contributed by atoms with Crippen LogP contribution in [0, 0.1) is 5.92 Å². The summed E-state index contributed by atoms with van der Waals surface area (Å²) in [5, 5.41) is 3.62. The van der Waals surface area contributed by atoms with Crippen molar-refractivity contribution in [3.05, 3.63) is 52.7 Å². The molecule has 0 amide bonds. The molecule has 2 bridgehead atoms. The van der Waals surface area contributed by atoms with Crippen LogP contribution in [0.25, 0.3) is 0 Å². The fraction of sp³-hybridized carbons (Fsp3) is 0.450. The number of rotatable bonds is 1. The van der Waals surface area contributed by atoms with Gasteiger partial charge < -0.3 is 10.1 Å². The molecule has 24 heavy (non-hydrogen) atoms. The fourth-order valence-corrected chi connectivity index (χ4v) is 5.70. The van der Waals surface area contributed by atoms with E-state index < -0.39 is 0 Å². The van der Waals surface area contributed by atoms with Crippen molar-refractivity contribution >= 4 is 11.7 Å². The third-order valence-electron chi connectivity index (χ3n) is 6.52. The monoisotopic (exact) mass is 322 g/mol. The van der Waals surface area contributed by atoms with Crippen molar-refractivity contribution in [2.45, 2.75) is 31.2 Å². The summed E-state index contributed by atoms with van der Waals surface area (Å²) in [5.41, 5.74) is 5.76. The molecule has 1 spiro atoms. The van der Waals surface area contributed by atoms with E-state index in [0.29, 0.717) is 6.04 Å². The van der Waals surface area contributed by atoms with Crippen LogP contribution >= 0.6 is 0 Å². The highest BCUT2D eigenvalue weighted by Crippen LogP contribution is 2.61. The lowest BCUT2D eigenvalue weighted by molar-refractivity contribution is -0.137. The molecule has 2 fully saturated rings. The number of methoxy groups -OCH3 is 1. The number of anilines is 1. The summed E-state index contributed by atoms with van der Waals surface area (Å²) >= 11 is 0. The maximum absolute atomic E-state index is 12.7. The van der Waals surface area contributed by atoms with Crippen molar-refractivity contribution < 1.29 is 9.53 Å². The van der Waals surface area contributed by atoms with Gasteiger partial charge >= 0.3 is 5.97 Å². The zero-order chi connectivity index (χ0) is 16.5. The van der Waals surface area contributed by atoms with Crippen LogP contribution in [0.1, 0.15) is 25.3 Å². The number of benzene rings is 1. The summed E-state index contributed by atoms with van der Waals surface area (Å²) in [6, 6.07) is 8.92. The summed E-state index contributed by atoms with van der Waals surface area (Å²) < 4.78 is 5.21. The molecule has 0 aromatic heterocycles. The van der Waals surface area contributed by atoms with Crippen LogP contribution < -0.4 is 5.32 Å². The Morgan fingerprint density at radius 3 is 3.00 bits per heavy atom. The molecular weight excluding hydrogens is 300 g/mol. The van der Waals surface area contributed by atoms with E-state index >= 15 is 0 Å². The van der Waals surface area contributed by atoms with Gasteiger partial charge in [0.25, 0.3) is 0 Å². The lowest BCUT2D eigenvalue weighted by Crippen LogP contribution is -2.54. The summed E-state index contributed by atoms with van der Waals surface area (Å²) in [5.74, 6) is 0.0135. The summed E-state index contributed by atoms with van der Waals surface area (Å²) in [4.78, 5) is 15.3. The van der Waals surface area contributed by atoms with Gasteiger partial charge in [-0.05, 0) is 43.5 Å². The Morgan fingerprint density at radius 2 is 2.21 bits per heavy atom. The summed E-state index contributed by atoms with van der Waals surface area (Å²) in [6.45, 7) is 4.26. The van der Waals surface area contributed by atoms with Gasteiger partial charge in [-0.3, -0.25) is 4.90 Å². The quantitative estimate of drug-likeness (QED) is 0.638. The van der Waals surface area contributed by atoms with Crippen LogP contribution in [-0.4, -0.2) is 37.1 Å². The van der Waals surface area contributed by atoms with Crippen LogP contribution in [0.4, 0.5) is 5.69 Å².